The van der Waals surface area contributed by atoms with Crippen molar-refractivity contribution in [1.29, 1.82) is 0 Å². The number of methoxy groups -OCH3 is 1. The molecule has 2 aromatic rings. The molecule has 0 bridgehead atoms. The molecule has 1 aliphatic heterocycles. The molecule has 1 saturated heterocycles. The molecule has 148 valence electrons. The van der Waals surface area contributed by atoms with Crippen molar-refractivity contribution in [2.45, 2.75) is 38.0 Å². The van der Waals surface area contributed by atoms with E-state index in [-0.39, 0.29) is 18.1 Å². The number of esters is 1. The van der Waals surface area contributed by atoms with E-state index in [0.717, 1.165) is 30.8 Å². The highest BCUT2D eigenvalue weighted by Crippen LogP contribution is 2.43. The first-order valence-corrected chi connectivity index (χ1v) is 9.94. The minimum atomic E-state index is -0.977. The standard InChI is InChI=1S/C23H27NO4/c1-4-24(5-2)21-19-9-7-6-8-16(19)14-20(21)28-22(25)23(15-27-23)17-10-12-18(26-3)13-11-17/h6-13,20-21H,4-5,14-15H2,1-3H3/t20-,21+,23?/m1/s1. The van der Waals surface area contributed by atoms with Crippen molar-refractivity contribution < 1.29 is 19.0 Å². The summed E-state index contributed by atoms with van der Waals surface area (Å²) in [6.07, 6.45) is 0.533. The number of ether oxygens (including phenoxy) is 3. The lowest BCUT2D eigenvalue weighted by Gasteiger charge is -2.32. The van der Waals surface area contributed by atoms with Crippen LogP contribution in [0.25, 0.3) is 0 Å². The summed E-state index contributed by atoms with van der Waals surface area (Å²) in [5, 5.41) is 0. The van der Waals surface area contributed by atoms with Crippen LogP contribution >= 0.6 is 0 Å². The van der Waals surface area contributed by atoms with Gasteiger partial charge in [0.15, 0.2) is 0 Å². The summed E-state index contributed by atoms with van der Waals surface area (Å²) in [4.78, 5) is 15.5. The van der Waals surface area contributed by atoms with Gasteiger partial charge in [-0.3, -0.25) is 4.90 Å². The molecule has 4 rings (SSSR count). The summed E-state index contributed by atoms with van der Waals surface area (Å²) in [6.45, 7) is 6.46. The molecule has 28 heavy (non-hydrogen) atoms. The Labute approximate surface area is 166 Å². The summed E-state index contributed by atoms with van der Waals surface area (Å²) in [5.41, 5.74) is 2.36. The number of carbonyl (C=O) groups is 1. The predicted molar refractivity (Wildman–Crippen MR) is 106 cm³/mol. The molecule has 0 amide bonds. The van der Waals surface area contributed by atoms with Crippen LogP contribution in [0.1, 0.15) is 36.6 Å². The Morgan fingerprint density at radius 1 is 1.14 bits per heavy atom. The Morgan fingerprint density at radius 3 is 2.43 bits per heavy atom. The zero-order chi connectivity index (χ0) is 19.7. The van der Waals surface area contributed by atoms with Gasteiger partial charge in [-0.25, -0.2) is 4.79 Å². The second-order valence-corrected chi connectivity index (χ2v) is 7.36. The summed E-state index contributed by atoms with van der Waals surface area (Å²) < 4.78 is 16.9. The Hall–Kier alpha value is -2.37. The lowest BCUT2D eigenvalue weighted by Crippen LogP contribution is -2.38. The van der Waals surface area contributed by atoms with Gasteiger partial charge in [0, 0.05) is 6.42 Å². The van der Waals surface area contributed by atoms with Crippen molar-refractivity contribution >= 4 is 5.97 Å². The number of nitrogens with zero attached hydrogens (tertiary/aromatic N) is 1. The van der Waals surface area contributed by atoms with Gasteiger partial charge < -0.3 is 14.2 Å². The van der Waals surface area contributed by atoms with Crippen LogP contribution in [0.5, 0.6) is 5.75 Å². The van der Waals surface area contributed by atoms with Crippen molar-refractivity contribution in [1.82, 2.24) is 4.90 Å². The van der Waals surface area contributed by atoms with Gasteiger partial charge in [-0.2, -0.15) is 0 Å². The molecular formula is C23H27NO4. The number of benzene rings is 2. The zero-order valence-electron chi connectivity index (χ0n) is 16.7. The number of epoxide rings is 1. The number of fused-ring (bicyclic) bond motifs is 1. The molecule has 0 spiro atoms. The molecule has 3 atom stereocenters. The topological polar surface area (TPSA) is 51.3 Å². The van der Waals surface area contributed by atoms with Gasteiger partial charge in [-0.15, -0.1) is 0 Å². The van der Waals surface area contributed by atoms with Crippen LogP contribution in [-0.2, 0) is 26.3 Å². The van der Waals surface area contributed by atoms with Crippen LogP contribution in [0.4, 0.5) is 0 Å². The van der Waals surface area contributed by atoms with Crippen LogP contribution in [0.2, 0.25) is 0 Å². The summed E-state index contributed by atoms with van der Waals surface area (Å²) in [5.74, 6) is 0.452. The summed E-state index contributed by atoms with van der Waals surface area (Å²) >= 11 is 0. The molecule has 1 heterocycles. The monoisotopic (exact) mass is 381 g/mol. The first-order valence-electron chi connectivity index (χ1n) is 9.94. The number of hydrogen-bond acceptors (Lipinski definition) is 5. The van der Waals surface area contributed by atoms with Crippen LogP contribution in [-0.4, -0.2) is 43.8 Å². The SMILES string of the molecule is CCN(CC)[C@H]1c2ccccc2C[C@H]1OC(=O)C1(c2ccc(OC)cc2)CO1. The maximum absolute atomic E-state index is 13.1. The van der Waals surface area contributed by atoms with Crippen LogP contribution in [0, 0.1) is 0 Å². The van der Waals surface area contributed by atoms with Crippen molar-refractivity contribution in [3.8, 4) is 5.75 Å². The molecule has 1 unspecified atom stereocenters. The molecule has 0 radical (unpaired) electrons. The van der Waals surface area contributed by atoms with Crippen LogP contribution in [0.15, 0.2) is 48.5 Å². The molecule has 2 aromatic carbocycles. The number of carbonyl (C=O) groups excluding carboxylic acids is 1. The minimum absolute atomic E-state index is 0.0850. The number of likely N-dealkylation sites (N-methyl/N-ethyl adjacent to an activating group) is 1. The van der Waals surface area contributed by atoms with E-state index in [1.165, 1.54) is 11.1 Å². The van der Waals surface area contributed by atoms with Gasteiger partial charge in [0.2, 0.25) is 5.60 Å². The fraction of sp³-hybridized carbons (Fsp3) is 0.435. The summed E-state index contributed by atoms with van der Waals surface area (Å²) in [7, 11) is 1.62. The third kappa shape index (κ3) is 3.19. The fourth-order valence-electron chi connectivity index (χ4n) is 4.26. The lowest BCUT2D eigenvalue weighted by molar-refractivity contribution is -0.159. The molecule has 0 N–H and O–H groups in total. The van der Waals surface area contributed by atoms with E-state index in [1.807, 2.05) is 30.3 Å². The van der Waals surface area contributed by atoms with E-state index >= 15 is 0 Å². The first kappa shape index (κ1) is 19.0. The lowest BCUT2D eigenvalue weighted by atomic mass is 9.99. The Kier molecular flexibility index (Phi) is 5.13. The van der Waals surface area contributed by atoms with E-state index in [4.69, 9.17) is 14.2 Å². The van der Waals surface area contributed by atoms with Gasteiger partial charge in [0.25, 0.3) is 0 Å². The van der Waals surface area contributed by atoms with E-state index in [9.17, 15) is 4.79 Å². The Balaban J connectivity index is 1.56. The van der Waals surface area contributed by atoms with Gasteiger partial charge in [-0.1, -0.05) is 50.2 Å². The minimum Gasteiger partial charge on any atom is -0.497 e. The van der Waals surface area contributed by atoms with E-state index in [1.54, 1.807) is 7.11 Å². The van der Waals surface area contributed by atoms with E-state index in [2.05, 4.69) is 36.9 Å². The third-order valence-electron chi connectivity index (χ3n) is 5.93. The molecule has 2 aliphatic rings. The summed E-state index contributed by atoms with van der Waals surface area (Å²) in [6, 6.07) is 15.9. The molecule has 0 saturated carbocycles. The smallest absolute Gasteiger partial charge is 0.345 e. The maximum atomic E-state index is 13.1. The zero-order valence-corrected chi connectivity index (χ0v) is 16.7. The Morgan fingerprint density at radius 2 is 1.82 bits per heavy atom. The van der Waals surface area contributed by atoms with Gasteiger partial charge >= 0.3 is 5.97 Å². The fourth-order valence-corrected chi connectivity index (χ4v) is 4.26. The van der Waals surface area contributed by atoms with Crippen molar-refractivity contribution in [2.75, 3.05) is 26.8 Å². The highest BCUT2D eigenvalue weighted by molar-refractivity contribution is 5.84. The second kappa shape index (κ2) is 7.57. The highest BCUT2D eigenvalue weighted by Gasteiger charge is 2.56. The quantitative estimate of drug-likeness (QED) is 0.543. The molecule has 5 heteroatoms. The van der Waals surface area contributed by atoms with Gasteiger partial charge in [0.1, 0.15) is 11.9 Å². The molecule has 1 fully saturated rings. The predicted octanol–water partition coefficient (Wildman–Crippen LogP) is 3.47. The van der Waals surface area contributed by atoms with E-state index in [0.29, 0.717) is 6.61 Å². The second-order valence-electron chi connectivity index (χ2n) is 7.36. The van der Waals surface area contributed by atoms with Crippen LogP contribution in [0.3, 0.4) is 0 Å². The highest BCUT2D eigenvalue weighted by atomic mass is 16.6. The molecule has 5 nitrogen and oxygen atoms in total. The van der Waals surface area contributed by atoms with Crippen LogP contribution < -0.4 is 4.74 Å². The van der Waals surface area contributed by atoms with Crippen molar-refractivity contribution in [3.63, 3.8) is 0 Å². The molecule has 0 aromatic heterocycles. The van der Waals surface area contributed by atoms with Gasteiger partial charge in [0.05, 0.1) is 19.8 Å². The van der Waals surface area contributed by atoms with Crippen molar-refractivity contribution in [3.05, 3.63) is 65.2 Å². The average molecular weight is 381 g/mol. The largest absolute Gasteiger partial charge is 0.497 e. The third-order valence-corrected chi connectivity index (χ3v) is 5.93. The Bertz CT molecular complexity index is 840. The number of hydrogen-bond donors (Lipinski definition) is 0. The molecule has 1 aliphatic carbocycles. The van der Waals surface area contributed by atoms with E-state index < -0.39 is 5.60 Å². The molecular weight excluding hydrogens is 354 g/mol. The average Bonchev–Trinajstić information content (AvgIpc) is 3.47. The van der Waals surface area contributed by atoms with Gasteiger partial charge in [-0.05, 0) is 41.9 Å². The van der Waals surface area contributed by atoms with Crippen molar-refractivity contribution in [2.24, 2.45) is 0 Å². The number of rotatable bonds is 7. The first-order chi connectivity index (χ1) is 13.6. The maximum Gasteiger partial charge on any atom is 0.345 e. The normalized spacial score (nSPS) is 25.4.